The van der Waals surface area contributed by atoms with E-state index in [0.29, 0.717) is 18.9 Å². The fourth-order valence-corrected chi connectivity index (χ4v) is 3.65. The van der Waals surface area contributed by atoms with Gasteiger partial charge in [-0.2, -0.15) is 5.10 Å². The predicted octanol–water partition coefficient (Wildman–Crippen LogP) is 2.19. The Labute approximate surface area is 168 Å². The van der Waals surface area contributed by atoms with Crippen LogP contribution < -0.4 is 4.90 Å². The molecule has 4 aromatic rings. The van der Waals surface area contributed by atoms with Crippen molar-refractivity contribution in [2.45, 2.75) is 6.92 Å². The van der Waals surface area contributed by atoms with Gasteiger partial charge in [0, 0.05) is 50.3 Å². The van der Waals surface area contributed by atoms with E-state index in [9.17, 15) is 4.79 Å². The molecule has 0 unspecified atom stereocenters. The molecule has 1 aliphatic heterocycles. The number of piperazine rings is 1. The normalized spacial score (nSPS) is 14.5. The summed E-state index contributed by atoms with van der Waals surface area (Å²) in [4.78, 5) is 16.9. The van der Waals surface area contributed by atoms with E-state index in [-0.39, 0.29) is 5.91 Å². The summed E-state index contributed by atoms with van der Waals surface area (Å²) >= 11 is 0. The summed E-state index contributed by atoms with van der Waals surface area (Å²) in [6.07, 6.45) is 5.72. The number of pyridine rings is 1. The molecule has 5 heterocycles. The van der Waals surface area contributed by atoms with Crippen LogP contribution in [0.4, 0.5) is 5.82 Å². The van der Waals surface area contributed by atoms with E-state index in [2.05, 4.69) is 20.2 Å². The highest BCUT2D eigenvalue weighted by molar-refractivity contribution is 5.95. The van der Waals surface area contributed by atoms with Crippen molar-refractivity contribution in [1.29, 1.82) is 0 Å². The Bertz CT molecular complexity index is 1120. The van der Waals surface area contributed by atoms with E-state index in [0.717, 1.165) is 35.7 Å². The third-order valence-corrected chi connectivity index (χ3v) is 5.24. The molecule has 4 aromatic heterocycles. The number of hydrogen-bond acceptors (Lipinski definition) is 5. The van der Waals surface area contributed by atoms with Crippen molar-refractivity contribution in [3.05, 3.63) is 72.3 Å². The lowest BCUT2D eigenvalue weighted by Crippen LogP contribution is -2.49. The fourth-order valence-electron chi connectivity index (χ4n) is 3.65. The van der Waals surface area contributed by atoms with Gasteiger partial charge in [-0.15, -0.1) is 10.2 Å². The van der Waals surface area contributed by atoms with Crippen molar-refractivity contribution >= 4 is 17.2 Å². The molecule has 0 atom stereocenters. The largest absolute Gasteiger partial charge is 0.352 e. The van der Waals surface area contributed by atoms with Gasteiger partial charge in [-0.1, -0.05) is 6.07 Å². The molecule has 0 radical (unpaired) electrons. The quantitative estimate of drug-likeness (QED) is 0.539. The average molecular weight is 387 g/mol. The van der Waals surface area contributed by atoms with Gasteiger partial charge in [-0.3, -0.25) is 4.79 Å². The molecule has 8 nitrogen and oxygen atoms in total. The Morgan fingerprint density at radius 1 is 0.931 bits per heavy atom. The minimum absolute atomic E-state index is 0.0730. The smallest absolute Gasteiger partial charge is 0.255 e. The van der Waals surface area contributed by atoms with Gasteiger partial charge in [-0.05, 0) is 43.3 Å². The number of aryl methyl sites for hydroxylation is 1. The molecule has 1 aliphatic rings. The Balaban J connectivity index is 1.24. The Kier molecular flexibility index (Phi) is 4.23. The number of anilines is 1. The summed E-state index contributed by atoms with van der Waals surface area (Å²) in [5.41, 5.74) is 2.69. The van der Waals surface area contributed by atoms with Crippen molar-refractivity contribution < 1.29 is 4.79 Å². The van der Waals surface area contributed by atoms with Gasteiger partial charge in [0.05, 0.1) is 11.3 Å². The van der Waals surface area contributed by atoms with E-state index >= 15 is 0 Å². The van der Waals surface area contributed by atoms with Crippen LogP contribution in [0.2, 0.25) is 0 Å². The van der Waals surface area contributed by atoms with E-state index in [4.69, 9.17) is 0 Å². The third-order valence-electron chi connectivity index (χ3n) is 5.24. The molecule has 146 valence electrons. The third kappa shape index (κ3) is 3.33. The van der Waals surface area contributed by atoms with Crippen molar-refractivity contribution in [3.8, 4) is 5.82 Å². The van der Waals surface area contributed by atoms with E-state index in [1.165, 1.54) is 0 Å². The summed E-state index contributed by atoms with van der Waals surface area (Å²) in [6, 6.07) is 13.7. The van der Waals surface area contributed by atoms with E-state index in [1.54, 1.807) is 4.68 Å². The summed E-state index contributed by atoms with van der Waals surface area (Å²) in [5, 5.41) is 13.0. The number of carbonyl (C=O) groups is 1. The minimum Gasteiger partial charge on any atom is -0.352 e. The number of hydrogen-bond donors (Lipinski definition) is 0. The lowest BCUT2D eigenvalue weighted by molar-refractivity contribution is 0.0746. The highest BCUT2D eigenvalue weighted by atomic mass is 16.2. The van der Waals surface area contributed by atoms with Crippen molar-refractivity contribution in [2.75, 3.05) is 31.1 Å². The van der Waals surface area contributed by atoms with Crippen LogP contribution >= 0.6 is 0 Å². The average Bonchev–Trinajstić information content (AvgIpc) is 3.40. The van der Waals surface area contributed by atoms with Crippen LogP contribution in [-0.2, 0) is 0 Å². The Morgan fingerprint density at radius 2 is 1.72 bits per heavy atom. The van der Waals surface area contributed by atoms with E-state index < -0.39 is 0 Å². The number of fused-ring (bicyclic) bond motifs is 1. The van der Waals surface area contributed by atoms with Crippen LogP contribution in [0.25, 0.3) is 11.3 Å². The minimum atomic E-state index is 0.0730. The molecule has 1 fully saturated rings. The number of carbonyl (C=O) groups excluding carboxylic acids is 1. The highest BCUT2D eigenvalue weighted by Crippen LogP contribution is 2.17. The van der Waals surface area contributed by atoms with E-state index in [1.807, 2.05) is 77.3 Å². The first-order valence-electron chi connectivity index (χ1n) is 9.65. The first-order chi connectivity index (χ1) is 14.2. The zero-order valence-electron chi connectivity index (χ0n) is 16.1. The maximum Gasteiger partial charge on any atom is 0.255 e. The van der Waals surface area contributed by atoms with Crippen molar-refractivity contribution in [1.82, 2.24) is 29.3 Å². The number of amides is 1. The topological polar surface area (TPSA) is 71.6 Å². The van der Waals surface area contributed by atoms with Gasteiger partial charge in [-0.25, -0.2) is 4.68 Å². The summed E-state index contributed by atoms with van der Waals surface area (Å²) < 4.78 is 3.69. The number of nitrogens with zero attached hydrogens (tertiary/aromatic N) is 7. The van der Waals surface area contributed by atoms with Gasteiger partial charge in [0.25, 0.3) is 5.91 Å². The predicted molar refractivity (Wildman–Crippen MR) is 109 cm³/mol. The van der Waals surface area contributed by atoms with Crippen molar-refractivity contribution in [2.24, 2.45) is 0 Å². The molecule has 0 saturated carbocycles. The summed E-state index contributed by atoms with van der Waals surface area (Å²) in [7, 11) is 0. The molecular formula is C21H21N7O. The second kappa shape index (κ2) is 7.05. The molecule has 1 amide bonds. The maximum atomic E-state index is 12.9. The lowest BCUT2D eigenvalue weighted by Gasteiger charge is -2.35. The summed E-state index contributed by atoms with van der Waals surface area (Å²) in [5.74, 6) is 1.58. The Hall–Kier alpha value is -3.68. The van der Waals surface area contributed by atoms with Gasteiger partial charge < -0.3 is 14.2 Å². The molecule has 29 heavy (non-hydrogen) atoms. The highest BCUT2D eigenvalue weighted by Gasteiger charge is 2.24. The SMILES string of the molecule is Cc1ccn(-c2ccc(N3CCN(C(=O)c4cc5ccccn5c4)CC3)nn2)n1. The van der Waals surface area contributed by atoms with Gasteiger partial charge in [0.15, 0.2) is 11.6 Å². The van der Waals surface area contributed by atoms with Crippen LogP contribution in [0, 0.1) is 6.92 Å². The summed E-state index contributed by atoms with van der Waals surface area (Å²) in [6.45, 7) is 4.72. The Morgan fingerprint density at radius 3 is 2.41 bits per heavy atom. The van der Waals surface area contributed by atoms with Crippen LogP contribution in [0.3, 0.4) is 0 Å². The van der Waals surface area contributed by atoms with Gasteiger partial charge >= 0.3 is 0 Å². The molecular weight excluding hydrogens is 366 g/mol. The standard InChI is InChI=1S/C21H21N7O/c1-16-7-9-28(24-16)20-6-5-19(22-23-20)25-10-12-26(13-11-25)21(29)17-14-18-4-2-3-8-27(18)15-17/h2-9,14-15H,10-13H2,1H3. The monoisotopic (exact) mass is 387 g/mol. The molecule has 0 spiro atoms. The molecule has 1 saturated heterocycles. The lowest BCUT2D eigenvalue weighted by atomic mass is 10.2. The molecule has 0 aliphatic carbocycles. The first kappa shape index (κ1) is 17.4. The van der Waals surface area contributed by atoms with Crippen molar-refractivity contribution in [3.63, 3.8) is 0 Å². The molecule has 0 bridgehead atoms. The molecule has 0 N–H and O–H groups in total. The second-order valence-corrected chi connectivity index (χ2v) is 7.19. The van der Waals surface area contributed by atoms with Gasteiger partial charge in [0.2, 0.25) is 0 Å². The fraction of sp³-hybridized carbons (Fsp3) is 0.238. The number of aromatic nitrogens is 5. The molecule has 0 aromatic carbocycles. The second-order valence-electron chi connectivity index (χ2n) is 7.19. The van der Waals surface area contributed by atoms with Crippen LogP contribution in [0.5, 0.6) is 0 Å². The maximum absolute atomic E-state index is 12.9. The van der Waals surface area contributed by atoms with Crippen LogP contribution in [-0.4, -0.2) is 61.4 Å². The number of rotatable bonds is 3. The zero-order valence-corrected chi connectivity index (χ0v) is 16.1. The first-order valence-corrected chi connectivity index (χ1v) is 9.65. The molecule has 8 heteroatoms. The van der Waals surface area contributed by atoms with Crippen LogP contribution in [0.15, 0.2) is 61.1 Å². The van der Waals surface area contributed by atoms with Gasteiger partial charge in [0.1, 0.15) is 0 Å². The molecule has 5 rings (SSSR count). The zero-order chi connectivity index (χ0) is 19.8. The van der Waals surface area contributed by atoms with Crippen LogP contribution in [0.1, 0.15) is 16.1 Å².